The van der Waals surface area contributed by atoms with E-state index >= 15 is 0 Å². The molecule has 0 bridgehead atoms. The fraction of sp³-hybridized carbons (Fsp3) is 0.800. The van der Waals surface area contributed by atoms with Gasteiger partial charge in [0, 0.05) is 6.04 Å². The smallest absolute Gasteiger partial charge is 0.239 e. The van der Waals surface area contributed by atoms with Gasteiger partial charge in [0.1, 0.15) is 0 Å². The highest BCUT2D eigenvalue weighted by Gasteiger charge is 2.23. The van der Waals surface area contributed by atoms with Crippen LogP contribution in [0.3, 0.4) is 0 Å². The van der Waals surface area contributed by atoms with Crippen molar-refractivity contribution in [1.29, 1.82) is 0 Å². The lowest BCUT2D eigenvalue weighted by molar-refractivity contribution is 0.367. The molecule has 4 nitrogen and oxygen atoms in total. The summed E-state index contributed by atoms with van der Waals surface area (Å²) < 4.78 is 5.26. The lowest BCUT2D eigenvalue weighted by Crippen LogP contribution is -2.22. The molecule has 1 saturated heterocycles. The second-order valence-electron chi connectivity index (χ2n) is 4.09. The molecule has 0 spiro atoms. The Hall–Kier alpha value is -0.550. The van der Waals surface area contributed by atoms with Crippen molar-refractivity contribution in [1.82, 2.24) is 15.5 Å². The quantitative estimate of drug-likeness (QED) is 0.854. The van der Waals surface area contributed by atoms with Gasteiger partial charge in [-0.25, -0.2) is 0 Å². The third-order valence-corrected chi connectivity index (χ3v) is 3.72. The monoisotopic (exact) mass is 227 g/mol. The van der Waals surface area contributed by atoms with Crippen molar-refractivity contribution in [2.24, 2.45) is 0 Å². The number of thioether (sulfide) groups is 1. The van der Waals surface area contributed by atoms with Crippen molar-refractivity contribution in [2.75, 3.05) is 5.75 Å². The van der Waals surface area contributed by atoms with Crippen molar-refractivity contribution in [2.45, 2.75) is 44.5 Å². The summed E-state index contributed by atoms with van der Waals surface area (Å²) in [5.41, 5.74) is 0. The average molecular weight is 227 g/mol. The standard InChI is InChI=1S/C10H17N3OS/c1-7(2)11-6-9-12-10(14-13-9)8-4-3-5-15-8/h7-8,11H,3-6H2,1-2H3. The number of nitrogens with one attached hydrogen (secondary N) is 1. The van der Waals surface area contributed by atoms with Gasteiger partial charge in [-0.1, -0.05) is 19.0 Å². The molecule has 0 amide bonds. The van der Waals surface area contributed by atoms with Crippen LogP contribution in [0.1, 0.15) is 43.7 Å². The SMILES string of the molecule is CC(C)NCc1noc(C2CCCS2)n1. The van der Waals surface area contributed by atoms with Crippen LogP contribution in [0, 0.1) is 0 Å². The summed E-state index contributed by atoms with van der Waals surface area (Å²) in [6.07, 6.45) is 2.43. The zero-order valence-electron chi connectivity index (χ0n) is 9.19. The number of rotatable bonds is 4. The predicted octanol–water partition coefficient (Wildman–Crippen LogP) is 2.14. The van der Waals surface area contributed by atoms with E-state index in [2.05, 4.69) is 29.3 Å². The summed E-state index contributed by atoms with van der Waals surface area (Å²) in [6, 6.07) is 0.452. The van der Waals surface area contributed by atoms with Crippen molar-refractivity contribution in [3.8, 4) is 0 Å². The van der Waals surface area contributed by atoms with Gasteiger partial charge in [-0.05, 0) is 18.6 Å². The molecule has 15 heavy (non-hydrogen) atoms. The molecule has 1 aliphatic heterocycles. The zero-order valence-corrected chi connectivity index (χ0v) is 10.0. The van der Waals surface area contributed by atoms with Gasteiger partial charge < -0.3 is 9.84 Å². The Morgan fingerprint density at radius 1 is 1.60 bits per heavy atom. The van der Waals surface area contributed by atoms with Gasteiger partial charge in [-0.2, -0.15) is 4.98 Å². The normalized spacial score (nSPS) is 21.4. The number of nitrogens with zero attached hydrogens (tertiary/aromatic N) is 2. The van der Waals surface area contributed by atoms with E-state index in [1.165, 1.54) is 18.6 Å². The minimum absolute atomic E-state index is 0.435. The Morgan fingerprint density at radius 3 is 3.13 bits per heavy atom. The van der Waals surface area contributed by atoms with E-state index in [1.807, 2.05) is 11.8 Å². The molecule has 1 atom stereocenters. The number of hydrogen-bond acceptors (Lipinski definition) is 5. The molecule has 0 radical (unpaired) electrons. The molecule has 1 aliphatic rings. The summed E-state index contributed by atoms with van der Waals surface area (Å²) in [6.45, 7) is 4.90. The summed E-state index contributed by atoms with van der Waals surface area (Å²) in [5.74, 6) is 2.79. The van der Waals surface area contributed by atoms with Crippen molar-refractivity contribution >= 4 is 11.8 Å². The average Bonchev–Trinajstić information content (AvgIpc) is 2.85. The molecule has 2 heterocycles. The van der Waals surface area contributed by atoms with Crippen LogP contribution in [-0.4, -0.2) is 21.9 Å². The van der Waals surface area contributed by atoms with Crippen LogP contribution in [0.5, 0.6) is 0 Å². The van der Waals surface area contributed by atoms with Crippen LogP contribution in [0.2, 0.25) is 0 Å². The van der Waals surface area contributed by atoms with E-state index in [0.717, 1.165) is 11.7 Å². The summed E-state index contributed by atoms with van der Waals surface area (Å²) >= 11 is 1.92. The molecular weight excluding hydrogens is 210 g/mol. The van der Waals surface area contributed by atoms with E-state index in [1.54, 1.807) is 0 Å². The molecule has 0 saturated carbocycles. The molecule has 1 aromatic rings. The Labute approximate surface area is 94.2 Å². The van der Waals surface area contributed by atoms with Crippen LogP contribution in [0.4, 0.5) is 0 Å². The molecule has 0 aliphatic carbocycles. The van der Waals surface area contributed by atoms with E-state index in [-0.39, 0.29) is 0 Å². The van der Waals surface area contributed by atoms with Gasteiger partial charge in [-0.15, -0.1) is 11.8 Å². The maximum Gasteiger partial charge on any atom is 0.239 e. The minimum Gasteiger partial charge on any atom is -0.338 e. The highest BCUT2D eigenvalue weighted by molar-refractivity contribution is 7.99. The first-order valence-corrected chi connectivity index (χ1v) is 6.48. The zero-order chi connectivity index (χ0) is 10.7. The predicted molar refractivity (Wildman–Crippen MR) is 60.7 cm³/mol. The first-order chi connectivity index (χ1) is 7.25. The van der Waals surface area contributed by atoms with Crippen molar-refractivity contribution < 1.29 is 4.52 Å². The third-order valence-electron chi connectivity index (χ3n) is 2.36. The molecule has 0 aromatic carbocycles. The first-order valence-electron chi connectivity index (χ1n) is 5.43. The second-order valence-corrected chi connectivity index (χ2v) is 5.40. The maximum atomic E-state index is 5.26. The van der Waals surface area contributed by atoms with Crippen molar-refractivity contribution in [3.05, 3.63) is 11.7 Å². The van der Waals surface area contributed by atoms with E-state index in [0.29, 0.717) is 17.8 Å². The molecule has 1 aromatic heterocycles. The molecule has 1 unspecified atom stereocenters. The van der Waals surface area contributed by atoms with Crippen LogP contribution in [0.25, 0.3) is 0 Å². The van der Waals surface area contributed by atoms with Crippen LogP contribution >= 0.6 is 11.8 Å². The third kappa shape index (κ3) is 2.95. The van der Waals surface area contributed by atoms with E-state index in [4.69, 9.17) is 4.52 Å². The Morgan fingerprint density at radius 2 is 2.47 bits per heavy atom. The largest absolute Gasteiger partial charge is 0.338 e. The highest BCUT2D eigenvalue weighted by atomic mass is 32.2. The molecule has 1 N–H and O–H groups in total. The minimum atomic E-state index is 0.435. The first kappa shape index (κ1) is 11.0. The van der Waals surface area contributed by atoms with Crippen LogP contribution < -0.4 is 5.32 Å². The number of aromatic nitrogens is 2. The van der Waals surface area contributed by atoms with Gasteiger partial charge in [-0.3, -0.25) is 0 Å². The van der Waals surface area contributed by atoms with E-state index < -0.39 is 0 Å². The Balaban J connectivity index is 1.91. The second kappa shape index (κ2) is 4.99. The summed E-state index contributed by atoms with van der Waals surface area (Å²) in [5, 5.41) is 7.68. The molecule has 84 valence electrons. The fourth-order valence-electron chi connectivity index (χ4n) is 1.54. The van der Waals surface area contributed by atoms with Gasteiger partial charge in [0.25, 0.3) is 0 Å². The molecular formula is C10H17N3OS. The fourth-order valence-corrected chi connectivity index (χ4v) is 2.73. The molecule has 2 rings (SSSR count). The van der Waals surface area contributed by atoms with Gasteiger partial charge in [0.2, 0.25) is 5.89 Å². The van der Waals surface area contributed by atoms with Crippen LogP contribution in [0.15, 0.2) is 4.52 Å². The van der Waals surface area contributed by atoms with Gasteiger partial charge >= 0.3 is 0 Å². The van der Waals surface area contributed by atoms with Crippen LogP contribution in [-0.2, 0) is 6.54 Å². The summed E-state index contributed by atoms with van der Waals surface area (Å²) in [7, 11) is 0. The maximum absolute atomic E-state index is 5.26. The lowest BCUT2D eigenvalue weighted by atomic mass is 10.2. The van der Waals surface area contributed by atoms with Gasteiger partial charge in [0.05, 0.1) is 11.8 Å². The lowest BCUT2D eigenvalue weighted by Gasteiger charge is -2.03. The summed E-state index contributed by atoms with van der Waals surface area (Å²) in [4.78, 5) is 4.40. The number of hydrogen-bond donors (Lipinski definition) is 1. The van der Waals surface area contributed by atoms with Crippen molar-refractivity contribution in [3.63, 3.8) is 0 Å². The Bertz CT molecular complexity index is 307. The van der Waals surface area contributed by atoms with Gasteiger partial charge in [0.15, 0.2) is 5.82 Å². The molecule has 1 fully saturated rings. The highest BCUT2D eigenvalue weighted by Crippen LogP contribution is 2.38. The topological polar surface area (TPSA) is 51.0 Å². The molecule has 5 heteroatoms. The Kier molecular flexibility index (Phi) is 3.64. The van der Waals surface area contributed by atoms with E-state index in [9.17, 15) is 0 Å².